The fraction of sp³-hybridized carbons (Fsp3) is 0.667. The molecule has 0 saturated carbocycles. The molecule has 0 amide bonds. The van der Waals surface area contributed by atoms with Gasteiger partial charge in [-0.25, -0.2) is 0 Å². The maximum absolute atomic E-state index is 11.8. The Labute approximate surface area is 67.1 Å². The topological polar surface area (TPSA) is 39.4 Å². The van der Waals surface area contributed by atoms with E-state index in [9.17, 15) is 13.2 Å². The Balaban J connectivity index is 2.41. The van der Waals surface area contributed by atoms with Gasteiger partial charge in [-0.1, -0.05) is 0 Å². The van der Waals surface area contributed by atoms with Crippen LogP contribution in [0.3, 0.4) is 0 Å². The van der Waals surface area contributed by atoms with Crippen LogP contribution in [0.25, 0.3) is 0 Å². The number of hydrogen-bond acceptors (Lipinski definition) is 3. The standard InChI is InChI=1S/C6H6F3N3/c7-6(8,9)3-12-2-5(1-10)11-4-12/h4-5H,2-3H2. The maximum atomic E-state index is 11.8. The quantitative estimate of drug-likeness (QED) is 0.593. The normalized spacial score (nSPS) is 22.8. The van der Waals surface area contributed by atoms with Crippen LogP contribution in [0.5, 0.6) is 0 Å². The van der Waals surface area contributed by atoms with Crippen molar-refractivity contribution in [1.29, 1.82) is 5.26 Å². The van der Waals surface area contributed by atoms with Gasteiger partial charge in [-0.2, -0.15) is 18.4 Å². The van der Waals surface area contributed by atoms with Gasteiger partial charge in [-0.3, -0.25) is 4.99 Å². The van der Waals surface area contributed by atoms with Crippen molar-refractivity contribution in [1.82, 2.24) is 4.90 Å². The van der Waals surface area contributed by atoms with E-state index in [0.717, 1.165) is 11.2 Å². The monoisotopic (exact) mass is 177 g/mol. The molecule has 0 fully saturated rings. The van der Waals surface area contributed by atoms with Crippen molar-refractivity contribution < 1.29 is 13.2 Å². The predicted octanol–water partition coefficient (Wildman–Crippen LogP) is 0.785. The van der Waals surface area contributed by atoms with Gasteiger partial charge in [0.05, 0.1) is 19.0 Å². The molecule has 1 rings (SSSR count). The molecule has 1 aliphatic heterocycles. The summed E-state index contributed by atoms with van der Waals surface area (Å²) in [6, 6.07) is 1.13. The lowest BCUT2D eigenvalue weighted by molar-refractivity contribution is -0.136. The summed E-state index contributed by atoms with van der Waals surface area (Å²) < 4.78 is 35.3. The molecule has 0 bridgehead atoms. The van der Waals surface area contributed by atoms with Crippen molar-refractivity contribution in [3.63, 3.8) is 0 Å². The van der Waals surface area contributed by atoms with Crippen molar-refractivity contribution in [2.45, 2.75) is 12.2 Å². The van der Waals surface area contributed by atoms with E-state index in [0.29, 0.717) is 0 Å². The number of nitrogens with zero attached hydrogens (tertiary/aromatic N) is 3. The Bertz CT molecular complexity index is 227. The van der Waals surface area contributed by atoms with Gasteiger partial charge >= 0.3 is 6.18 Å². The average molecular weight is 177 g/mol. The van der Waals surface area contributed by atoms with Crippen molar-refractivity contribution in [2.24, 2.45) is 4.99 Å². The van der Waals surface area contributed by atoms with Crippen molar-refractivity contribution >= 4 is 6.34 Å². The molecule has 0 spiro atoms. The van der Waals surface area contributed by atoms with E-state index in [1.165, 1.54) is 0 Å². The van der Waals surface area contributed by atoms with Gasteiger partial charge < -0.3 is 4.90 Å². The summed E-state index contributed by atoms with van der Waals surface area (Å²) >= 11 is 0. The highest BCUT2D eigenvalue weighted by molar-refractivity contribution is 5.58. The van der Waals surface area contributed by atoms with Gasteiger partial charge in [0.1, 0.15) is 6.54 Å². The number of hydrogen-bond donors (Lipinski definition) is 0. The lowest BCUT2D eigenvalue weighted by Crippen LogP contribution is -2.33. The first-order chi connectivity index (χ1) is 5.51. The van der Waals surface area contributed by atoms with Gasteiger partial charge in [-0.05, 0) is 0 Å². The number of rotatable bonds is 1. The Morgan fingerprint density at radius 3 is 2.75 bits per heavy atom. The molecule has 0 radical (unpaired) electrons. The van der Waals surface area contributed by atoms with E-state index in [1.54, 1.807) is 6.07 Å². The molecule has 0 aromatic rings. The molecule has 66 valence electrons. The summed E-state index contributed by atoms with van der Waals surface area (Å²) in [5.41, 5.74) is 0. The molecule has 0 saturated heterocycles. The molecule has 1 heterocycles. The van der Waals surface area contributed by atoms with Crippen molar-refractivity contribution in [3.05, 3.63) is 0 Å². The van der Waals surface area contributed by atoms with E-state index in [-0.39, 0.29) is 6.54 Å². The molecule has 0 N–H and O–H groups in total. The predicted molar refractivity (Wildman–Crippen MR) is 35.5 cm³/mol. The first-order valence-corrected chi connectivity index (χ1v) is 3.25. The fourth-order valence-electron chi connectivity index (χ4n) is 0.901. The highest BCUT2D eigenvalue weighted by atomic mass is 19.4. The van der Waals surface area contributed by atoms with Crippen LogP contribution in [0.15, 0.2) is 4.99 Å². The zero-order valence-corrected chi connectivity index (χ0v) is 6.04. The van der Waals surface area contributed by atoms with E-state index >= 15 is 0 Å². The second kappa shape index (κ2) is 3.01. The summed E-state index contributed by atoms with van der Waals surface area (Å²) in [6.45, 7) is -0.995. The van der Waals surface area contributed by atoms with Gasteiger partial charge in [-0.15, -0.1) is 0 Å². The molecule has 1 atom stereocenters. The third kappa shape index (κ3) is 2.42. The van der Waals surface area contributed by atoms with Crippen LogP contribution < -0.4 is 0 Å². The first kappa shape index (κ1) is 8.84. The SMILES string of the molecule is N#CC1CN(CC(F)(F)F)C=N1. The third-order valence-electron chi connectivity index (χ3n) is 1.35. The lowest BCUT2D eigenvalue weighted by Gasteiger charge is -2.15. The van der Waals surface area contributed by atoms with E-state index in [2.05, 4.69) is 4.99 Å². The number of alkyl halides is 3. The molecule has 12 heavy (non-hydrogen) atoms. The van der Waals surface area contributed by atoms with Crippen LogP contribution in [0.2, 0.25) is 0 Å². The molecule has 6 heteroatoms. The molecule has 0 aromatic heterocycles. The molecular formula is C6H6F3N3. The van der Waals surface area contributed by atoms with Crippen LogP contribution in [-0.4, -0.2) is 36.5 Å². The summed E-state index contributed by atoms with van der Waals surface area (Å²) in [6.07, 6.45) is -3.16. The minimum absolute atomic E-state index is 0.0377. The highest BCUT2D eigenvalue weighted by Crippen LogP contribution is 2.17. The Hall–Kier alpha value is -1.25. The lowest BCUT2D eigenvalue weighted by atomic mass is 10.3. The van der Waals surface area contributed by atoms with Gasteiger partial charge in [0.25, 0.3) is 0 Å². The smallest absolute Gasteiger partial charge is 0.351 e. The molecule has 1 unspecified atom stereocenters. The minimum atomic E-state index is -4.23. The summed E-state index contributed by atoms with van der Waals surface area (Å²) in [4.78, 5) is 4.54. The van der Waals surface area contributed by atoms with Crippen LogP contribution in [0, 0.1) is 11.3 Å². The first-order valence-electron chi connectivity index (χ1n) is 3.25. The van der Waals surface area contributed by atoms with E-state index in [4.69, 9.17) is 5.26 Å². The number of halogens is 3. The van der Waals surface area contributed by atoms with E-state index in [1.807, 2.05) is 0 Å². The third-order valence-corrected chi connectivity index (χ3v) is 1.35. The maximum Gasteiger partial charge on any atom is 0.405 e. The second-order valence-electron chi connectivity index (χ2n) is 2.45. The van der Waals surface area contributed by atoms with Gasteiger partial charge in [0.15, 0.2) is 6.04 Å². The van der Waals surface area contributed by atoms with Crippen LogP contribution in [-0.2, 0) is 0 Å². The molecular weight excluding hydrogens is 171 g/mol. The van der Waals surface area contributed by atoms with E-state index < -0.39 is 18.8 Å². The highest BCUT2D eigenvalue weighted by Gasteiger charge is 2.32. The van der Waals surface area contributed by atoms with Gasteiger partial charge in [0.2, 0.25) is 0 Å². The molecule has 3 nitrogen and oxygen atoms in total. The van der Waals surface area contributed by atoms with Gasteiger partial charge in [0, 0.05) is 0 Å². The van der Waals surface area contributed by atoms with Crippen LogP contribution in [0.1, 0.15) is 0 Å². The van der Waals surface area contributed by atoms with Crippen LogP contribution in [0.4, 0.5) is 13.2 Å². The molecule has 0 aromatic carbocycles. The summed E-state index contributed by atoms with van der Waals surface area (Å²) in [5.74, 6) is 0. The minimum Gasteiger partial charge on any atom is -0.351 e. The Morgan fingerprint density at radius 1 is 1.67 bits per heavy atom. The number of nitriles is 1. The Kier molecular flexibility index (Phi) is 2.22. The van der Waals surface area contributed by atoms with Crippen LogP contribution >= 0.6 is 0 Å². The molecule has 0 aliphatic carbocycles. The summed E-state index contributed by atoms with van der Waals surface area (Å²) in [7, 11) is 0. The summed E-state index contributed by atoms with van der Waals surface area (Å²) in [5, 5.41) is 8.31. The Morgan fingerprint density at radius 2 is 2.33 bits per heavy atom. The fourth-order valence-corrected chi connectivity index (χ4v) is 0.901. The average Bonchev–Trinajstić information content (AvgIpc) is 2.32. The van der Waals surface area contributed by atoms with Crippen molar-refractivity contribution in [2.75, 3.05) is 13.1 Å². The number of aliphatic imine (C=N–C) groups is 1. The zero-order chi connectivity index (χ0) is 9.19. The molecule has 1 aliphatic rings. The zero-order valence-electron chi connectivity index (χ0n) is 6.04. The largest absolute Gasteiger partial charge is 0.405 e. The second-order valence-corrected chi connectivity index (χ2v) is 2.45. The van der Waals surface area contributed by atoms with Crippen molar-refractivity contribution in [3.8, 4) is 6.07 Å².